The zero-order valence-corrected chi connectivity index (χ0v) is 58.7. The monoisotopic (exact) mass is 1240 g/mol. The van der Waals surface area contributed by atoms with Gasteiger partial charge in [-0.3, -0.25) is 9.97 Å². The first-order chi connectivity index (χ1) is 40.9. The number of fused-ring (bicyclic) bond motifs is 4. The molecular weight excluding hydrogens is 1160 g/mol. The Morgan fingerprint density at radius 3 is 0.810 bits per heavy atom. The van der Waals surface area contributed by atoms with Crippen LogP contribution in [0.2, 0.25) is 72.5 Å². The van der Waals surface area contributed by atoms with Gasteiger partial charge in [0.05, 0.1) is 20.8 Å². The van der Waals surface area contributed by atoms with Gasteiger partial charge in [-0.05, 0) is 151 Å². The lowest BCUT2D eigenvalue weighted by molar-refractivity contribution is 1.20. The van der Waals surface area contributed by atoms with Gasteiger partial charge in [0.1, 0.15) is 42.3 Å². The van der Waals surface area contributed by atoms with E-state index in [1.165, 1.54) is 137 Å². The lowest BCUT2D eigenvalue weighted by atomic mass is 9.90. The van der Waals surface area contributed by atoms with Crippen molar-refractivity contribution < 1.29 is 0 Å². The Kier molecular flexibility index (Phi) is 20.8. The number of rotatable bonds is 16. The van der Waals surface area contributed by atoms with Gasteiger partial charge in [-0.15, -0.1) is 67.5 Å². The molecule has 4 aromatic heterocycles. The second-order valence-corrected chi connectivity index (χ2v) is 45.6. The molecule has 4 nitrogen and oxygen atoms in total. The molecule has 10 aromatic rings. The molecule has 0 aliphatic heterocycles. The fourth-order valence-corrected chi connectivity index (χ4v) is 24.1. The van der Waals surface area contributed by atoms with Crippen LogP contribution in [-0.4, -0.2) is 52.2 Å². The summed E-state index contributed by atoms with van der Waals surface area (Å²) in [6.07, 6.45) is 7.70. The van der Waals surface area contributed by atoms with E-state index in [2.05, 4.69) is 222 Å². The first-order valence-corrected chi connectivity index (χ1v) is 44.7. The maximum Gasteiger partial charge on any atom is 0.138 e. The number of thiazole rings is 4. The van der Waals surface area contributed by atoms with Crippen LogP contribution in [0.25, 0.3) is 85.1 Å². The number of hydrogen-bond acceptors (Lipinski definition) is 8. The van der Waals surface area contributed by atoms with Crippen LogP contribution < -0.4 is 0 Å². The van der Waals surface area contributed by atoms with Crippen LogP contribution in [0, 0.1) is 45.9 Å². The largest absolute Gasteiger partial charge is 0.252 e. The summed E-state index contributed by atoms with van der Waals surface area (Å²) in [5.74, 6) is 15.3. The summed E-state index contributed by atoms with van der Waals surface area (Å²) in [6, 6.07) is 41.6. The predicted molar refractivity (Wildman–Crippen MR) is 384 cm³/mol. The van der Waals surface area contributed by atoms with Gasteiger partial charge < -0.3 is 0 Å². The molecule has 6 aromatic carbocycles. The van der Waals surface area contributed by atoms with Crippen molar-refractivity contribution in [1.29, 1.82) is 0 Å². The Labute approximate surface area is 521 Å². The fourth-order valence-electron chi connectivity index (χ4n) is 11.9. The van der Waals surface area contributed by atoms with Crippen LogP contribution in [-0.2, 0) is 0 Å². The van der Waals surface area contributed by atoms with Crippen molar-refractivity contribution in [3.8, 4) is 87.9 Å². The van der Waals surface area contributed by atoms with Crippen molar-refractivity contribution in [3.05, 3.63) is 142 Å². The predicted octanol–water partition coefficient (Wildman–Crippen LogP) is 22.1. The number of nitrogens with zero attached hydrogens (tertiary/aromatic N) is 4. The molecule has 0 aliphatic rings. The van der Waals surface area contributed by atoms with Crippen molar-refractivity contribution in [1.82, 2.24) is 19.9 Å². The Morgan fingerprint density at radius 2 is 0.583 bits per heavy atom. The third-order valence-corrected chi connectivity index (χ3v) is 41.1. The van der Waals surface area contributed by atoms with Gasteiger partial charge >= 0.3 is 0 Å². The Morgan fingerprint density at radius 1 is 0.321 bits per heavy atom. The second-order valence-electron chi connectivity index (χ2n) is 22.3. The third-order valence-electron chi connectivity index (χ3n) is 19.0. The number of hydrogen-bond donors (Lipinski definition) is 0. The quantitative estimate of drug-likeness (QED) is 0.0550. The summed E-state index contributed by atoms with van der Waals surface area (Å²) >= 11 is 6.73. The van der Waals surface area contributed by atoms with Crippen molar-refractivity contribution in [2.75, 3.05) is 0 Å². The summed E-state index contributed by atoms with van der Waals surface area (Å²) in [6.45, 7) is 28.0. The van der Waals surface area contributed by atoms with Crippen LogP contribution in [0.4, 0.5) is 0 Å². The van der Waals surface area contributed by atoms with Gasteiger partial charge in [0.2, 0.25) is 0 Å². The molecule has 0 saturated heterocycles. The maximum atomic E-state index is 4.64. The summed E-state index contributed by atoms with van der Waals surface area (Å²) in [7, 11) is -6.66. The topological polar surface area (TPSA) is 51.6 Å². The average molecular weight is 1240 g/mol. The van der Waals surface area contributed by atoms with E-state index in [4.69, 9.17) is 0 Å². The van der Waals surface area contributed by atoms with Gasteiger partial charge in [0.25, 0.3) is 0 Å². The first-order valence-electron chi connectivity index (χ1n) is 30.7. The molecule has 10 rings (SSSR count). The molecule has 0 fully saturated rings. The molecule has 4 heterocycles. The molecule has 0 saturated carbocycles. The summed E-state index contributed by atoms with van der Waals surface area (Å²) in [4.78, 5) is 20.4. The lowest BCUT2D eigenvalue weighted by Gasteiger charge is -2.21. The van der Waals surface area contributed by atoms with Crippen LogP contribution in [0.5, 0.6) is 0 Å². The van der Waals surface area contributed by atoms with Crippen LogP contribution in [0.1, 0.15) is 105 Å². The zero-order valence-electron chi connectivity index (χ0n) is 51.5. The SMILES string of the molecule is CC[Si](C#Cc1c2ccc(-c3cncs3)cc2c(C#C[Si](CC)(CC)CC)c2ccc(-c3cncs3)cc12)(CC)CC.CC[Si](C#Cc1c2ccc(-c3nccs3)cc2c(C#C[Si](CC)(CC)CC)c2ccc(-c3nccs3)cc12)(CC)CC. The molecule has 0 atom stereocenters. The average Bonchev–Trinajstić information content (AvgIpc) is 3.27. The zero-order chi connectivity index (χ0) is 59.5. The normalized spacial score (nSPS) is 11.8. The van der Waals surface area contributed by atoms with E-state index in [9.17, 15) is 0 Å². The molecule has 0 amide bonds. The summed E-state index contributed by atoms with van der Waals surface area (Å²) < 4.78 is 0. The molecule has 428 valence electrons. The Hall–Kier alpha value is -6.01. The third kappa shape index (κ3) is 12.9. The van der Waals surface area contributed by atoms with Crippen molar-refractivity contribution >= 4 is 121 Å². The smallest absolute Gasteiger partial charge is 0.138 e. The van der Waals surface area contributed by atoms with Gasteiger partial charge in [-0.25, -0.2) is 9.97 Å². The van der Waals surface area contributed by atoms with E-state index in [1.807, 2.05) is 46.6 Å². The molecule has 0 spiro atoms. The highest BCUT2D eigenvalue weighted by Crippen LogP contribution is 2.41. The minimum absolute atomic E-state index is 1.04. The van der Waals surface area contributed by atoms with Gasteiger partial charge in [0, 0.05) is 68.9 Å². The first kappa shape index (κ1) is 62.5. The summed E-state index contributed by atoms with van der Waals surface area (Å²) in [5.41, 5.74) is 28.7. The molecule has 0 radical (unpaired) electrons. The highest BCUT2D eigenvalue weighted by atomic mass is 32.1. The molecule has 84 heavy (non-hydrogen) atoms. The molecular formula is C72H80N4S4Si4. The van der Waals surface area contributed by atoms with Crippen molar-refractivity contribution in [2.45, 2.75) is 156 Å². The van der Waals surface area contributed by atoms with E-state index in [1.54, 1.807) is 45.3 Å². The van der Waals surface area contributed by atoms with Gasteiger partial charge in [0.15, 0.2) is 0 Å². The minimum atomic E-state index is -1.67. The fraction of sp³-hybridized carbons (Fsp3) is 0.333. The number of aromatic nitrogens is 4. The van der Waals surface area contributed by atoms with E-state index < -0.39 is 32.3 Å². The minimum Gasteiger partial charge on any atom is -0.252 e. The maximum absolute atomic E-state index is 4.64. The van der Waals surface area contributed by atoms with E-state index in [0.29, 0.717) is 0 Å². The number of benzene rings is 6. The van der Waals surface area contributed by atoms with Gasteiger partial charge in [-0.1, -0.05) is 155 Å². The lowest BCUT2D eigenvalue weighted by Crippen LogP contribution is -2.29. The highest BCUT2D eigenvalue weighted by Gasteiger charge is 2.29. The highest BCUT2D eigenvalue weighted by molar-refractivity contribution is 7.14. The molecule has 0 unspecified atom stereocenters. The molecule has 12 heteroatoms. The Balaban J connectivity index is 0.000000202. The standard InChI is InChI=1S/2C36H40N2S2Si2/c1-7-41(8-2,9-3)23-17-31-29-15-13-28(36-38-20-22-40-36)26-34(29)32(18-24-42(10-4,11-5)12-6)30-16-14-27(25-33(30)31)35-37-19-21-39-35;1-7-41(8-2,9-3)19-17-31-29-15-13-28(36-24-38-26-40-36)22-34(29)32(18-20-42(10-4,11-5)12-6)30-16-14-27(21-33(30)31)35-23-37-25-39-35/h13-16,19-22,25-26H,7-12H2,1-6H3;13-16,21-26H,7-12H2,1-6H3. The summed E-state index contributed by atoms with van der Waals surface area (Å²) in [5, 5.41) is 15.8. The molecule has 0 N–H and O–H groups in total. The van der Waals surface area contributed by atoms with Crippen molar-refractivity contribution in [2.24, 2.45) is 0 Å². The second kappa shape index (κ2) is 28.0. The van der Waals surface area contributed by atoms with E-state index in [-0.39, 0.29) is 0 Å². The molecule has 0 aliphatic carbocycles. The van der Waals surface area contributed by atoms with E-state index in [0.717, 1.165) is 43.4 Å². The van der Waals surface area contributed by atoms with Crippen LogP contribution in [0.15, 0.2) is 119 Å². The molecule has 0 bridgehead atoms. The Bertz CT molecular complexity index is 3590. The van der Waals surface area contributed by atoms with E-state index >= 15 is 0 Å². The van der Waals surface area contributed by atoms with Gasteiger partial charge in [-0.2, -0.15) is 0 Å². The van der Waals surface area contributed by atoms with Crippen LogP contribution in [0.3, 0.4) is 0 Å². The van der Waals surface area contributed by atoms with Crippen LogP contribution >= 0.6 is 45.3 Å². The van der Waals surface area contributed by atoms with Crippen molar-refractivity contribution in [3.63, 3.8) is 0 Å².